The van der Waals surface area contributed by atoms with Crippen molar-refractivity contribution in [2.75, 3.05) is 0 Å². The summed E-state index contributed by atoms with van der Waals surface area (Å²) < 4.78 is 6.18. The molecule has 7 atom stereocenters. The highest BCUT2D eigenvalue weighted by molar-refractivity contribution is 5.92. The Balaban J connectivity index is 1.54. The molecule has 3 nitrogen and oxygen atoms in total. The highest BCUT2D eigenvalue weighted by Gasteiger charge is 2.85. The lowest BCUT2D eigenvalue weighted by atomic mass is 9.46. The highest BCUT2D eigenvalue weighted by Crippen LogP contribution is 2.77. The van der Waals surface area contributed by atoms with Gasteiger partial charge in [0.1, 0.15) is 5.60 Å². The third kappa shape index (κ3) is 1.63. The first kappa shape index (κ1) is 16.2. The Kier molecular flexibility index (Phi) is 2.90. The van der Waals surface area contributed by atoms with E-state index in [4.69, 9.17) is 4.74 Å². The number of allylic oxidation sites excluding steroid dienone is 1. The SMILES string of the molecule is CC(=O)[C@@]12O[C@]1(C)CC1C3CCC4=CC(=O)CC[C@]4(C)C3CC[C@@]12C. The second-order valence-electron chi connectivity index (χ2n) is 10.2. The minimum absolute atomic E-state index is 0.00316. The molecule has 0 bridgehead atoms. The van der Waals surface area contributed by atoms with Gasteiger partial charge in [0.25, 0.3) is 0 Å². The predicted octanol–water partition coefficient (Wildman–Crippen LogP) is 4.24. The van der Waals surface area contributed by atoms with Gasteiger partial charge >= 0.3 is 0 Å². The first-order valence-corrected chi connectivity index (χ1v) is 10.1. The van der Waals surface area contributed by atoms with Crippen LogP contribution in [0.3, 0.4) is 0 Å². The molecule has 0 N–H and O–H groups in total. The van der Waals surface area contributed by atoms with Crippen LogP contribution in [-0.2, 0) is 14.3 Å². The topological polar surface area (TPSA) is 46.7 Å². The molecular weight excluding hydrogens is 312 g/mol. The van der Waals surface area contributed by atoms with Crippen LogP contribution in [0.5, 0.6) is 0 Å². The number of rotatable bonds is 1. The summed E-state index contributed by atoms with van der Waals surface area (Å²) in [5.41, 5.74) is 0.870. The number of Topliss-reactive ketones (excluding diaryl/α,β-unsaturated/α-hetero) is 1. The summed E-state index contributed by atoms with van der Waals surface area (Å²) in [7, 11) is 0. The number of carbonyl (C=O) groups excluding carboxylic acids is 2. The average molecular weight is 342 g/mol. The Morgan fingerprint density at radius 3 is 2.60 bits per heavy atom. The van der Waals surface area contributed by atoms with E-state index in [2.05, 4.69) is 20.8 Å². The van der Waals surface area contributed by atoms with Crippen LogP contribution in [0.2, 0.25) is 0 Å². The normalized spacial score (nSPS) is 56.2. The molecule has 0 spiro atoms. The molecule has 1 heterocycles. The van der Waals surface area contributed by atoms with Gasteiger partial charge in [-0.05, 0) is 81.6 Å². The molecule has 3 heteroatoms. The van der Waals surface area contributed by atoms with Gasteiger partial charge < -0.3 is 4.74 Å². The van der Waals surface area contributed by atoms with Gasteiger partial charge in [0.15, 0.2) is 17.2 Å². The number of ether oxygens (including phenoxy) is 1. The van der Waals surface area contributed by atoms with Crippen LogP contribution in [-0.4, -0.2) is 22.8 Å². The van der Waals surface area contributed by atoms with E-state index in [-0.39, 0.29) is 22.2 Å². The lowest BCUT2D eigenvalue weighted by Crippen LogP contribution is -2.54. The Hall–Kier alpha value is -0.960. The van der Waals surface area contributed by atoms with Crippen molar-refractivity contribution in [3.8, 4) is 0 Å². The van der Waals surface area contributed by atoms with Crippen LogP contribution in [0.25, 0.3) is 0 Å². The van der Waals surface area contributed by atoms with Gasteiger partial charge in [0.2, 0.25) is 0 Å². The van der Waals surface area contributed by atoms with Crippen molar-refractivity contribution in [2.24, 2.45) is 28.6 Å². The molecule has 0 amide bonds. The van der Waals surface area contributed by atoms with E-state index in [1.165, 1.54) is 18.4 Å². The fourth-order valence-electron chi connectivity index (χ4n) is 8.18. The molecule has 4 aliphatic carbocycles. The zero-order valence-corrected chi connectivity index (χ0v) is 16.0. The van der Waals surface area contributed by atoms with E-state index in [0.717, 1.165) is 25.7 Å². The van der Waals surface area contributed by atoms with Gasteiger partial charge in [0, 0.05) is 11.8 Å². The number of fused-ring (bicyclic) bond motifs is 7. The second-order valence-corrected chi connectivity index (χ2v) is 10.2. The van der Waals surface area contributed by atoms with Gasteiger partial charge in [-0.1, -0.05) is 19.4 Å². The molecule has 1 aliphatic heterocycles. The highest BCUT2D eigenvalue weighted by atomic mass is 16.6. The van der Waals surface area contributed by atoms with Crippen LogP contribution in [0, 0.1) is 28.6 Å². The Labute approximate surface area is 150 Å². The van der Waals surface area contributed by atoms with Gasteiger partial charge in [-0.15, -0.1) is 0 Å². The molecule has 4 fully saturated rings. The summed E-state index contributed by atoms with van der Waals surface area (Å²) in [6.45, 7) is 8.66. The summed E-state index contributed by atoms with van der Waals surface area (Å²) in [5, 5.41) is 0. The molecule has 3 unspecified atom stereocenters. The Morgan fingerprint density at radius 2 is 1.88 bits per heavy atom. The summed E-state index contributed by atoms with van der Waals surface area (Å²) in [5.74, 6) is 2.50. The summed E-state index contributed by atoms with van der Waals surface area (Å²) in [6, 6.07) is 0. The molecular formula is C22H30O3. The molecule has 0 aromatic heterocycles. The minimum atomic E-state index is -0.519. The van der Waals surface area contributed by atoms with E-state index in [1.54, 1.807) is 6.92 Å². The maximum absolute atomic E-state index is 12.6. The van der Waals surface area contributed by atoms with Crippen LogP contribution >= 0.6 is 0 Å². The van der Waals surface area contributed by atoms with Crippen molar-refractivity contribution < 1.29 is 14.3 Å². The van der Waals surface area contributed by atoms with Gasteiger partial charge in [0.05, 0.1) is 0 Å². The average Bonchev–Trinajstić information content (AvgIpc) is 3.13. The van der Waals surface area contributed by atoms with E-state index >= 15 is 0 Å². The van der Waals surface area contributed by atoms with Crippen LogP contribution in [0.1, 0.15) is 72.6 Å². The lowest BCUT2D eigenvalue weighted by Gasteiger charge is -2.58. The molecule has 25 heavy (non-hydrogen) atoms. The maximum atomic E-state index is 12.6. The first-order valence-electron chi connectivity index (χ1n) is 10.1. The van der Waals surface area contributed by atoms with Crippen molar-refractivity contribution in [1.82, 2.24) is 0 Å². The zero-order valence-electron chi connectivity index (χ0n) is 16.0. The predicted molar refractivity (Wildman–Crippen MR) is 95.0 cm³/mol. The molecule has 0 aromatic carbocycles. The second kappa shape index (κ2) is 4.47. The lowest BCUT2D eigenvalue weighted by molar-refractivity contribution is -0.137. The number of ketones is 2. The van der Waals surface area contributed by atoms with Crippen molar-refractivity contribution in [2.45, 2.75) is 83.8 Å². The quantitative estimate of drug-likeness (QED) is 0.670. The monoisotopic (exact) mass is 342 g/mol. The van der Waals surface area contributed by atoms with E-state index in [9.17, 15) is 9.59 Å². The Bertz CT molecular complexity index is 723. The van der Waals surface area contributed by atoms with E-state index in [1.807, 2.05) is 6.08 Å². The molecule has 136 valence electrons. The van der Waals surface area contributed by atoms with Gasteiger partial charge in [-0.3, -0.25) is 9.59 Å². The van der Waals surface area contributed by atoms with Crippen LogP contribution in [0.4, 0.5) is 0 Å². The third-order valence-electron chi connectivity index (χ3n) is 9.34. The van der Waals surface area contributed by atoms with Gasteiger partial charge in [-0.25, -0.2) is 0 Å². The standard InChI is InChI=1S/C22H30O3/c1-13(23)22-20(3)10-8-17-16(18(20)12-21(22,4)25-22)6-5-14-11-15(24)7-9-19(14,17)2/h11,16-18H,5-10,12H2,1-4H3/t16?,17?,18?,19-,20-,21+,22-/m0/s1. The third-order valence-corrected chi connectivity index (χ3v) is 9.34. The molecule has 5 aliphatic rings. The number of carbonyl (C=O) groups is 2. The molecule has 0 radical (unpaired) electrons. The van der Waals surface area contributed by atoms with Crippen molar-refractivity contribution >= 4 is 11.6 Å². The molecule has 3 saturated carbocycles. The van der Waals surface area contributed by atoms with Crippen LogP contribution in [0.15, 0.2) is 11.6 Å². The summed E-state index contributed by atoms with van der Waals surface area (Å²) in [4.78, 5) is 24.5. The first-order chi connectivity index (χ1) is 11.7. The summed E-state index contributed by atoms with van der Waals surface area (Å²) >= 11 is 0. The maximum Gasteiger partial charge on any atom is 0.165 e. The summed E-state index contributed by atoms with van der Waals surface area (Å²) in [6.07, 6.45) is 9.26. The van der Waals surface area contributed by atoms with E-state index in [0.29, 0.717) is 30.0 Å². The number of hydrogen-bond acceptors (Lipinski definition) is 3. The number of epoxide rings is 1. The Morgan fingerprint density at radius 1 is 1.12 bits per heavy atom. The van der Waals surface area contributed by atoms with Crippen molar-refractivity contribution in [1.29, 1.82) is 0 Å². The fourth-order valence-corrected chi connectivity index (χ4v) is 8.18. The zero-order chi connectivity index (χ0) is 17.8. The van der Waals surface area contributed by atoms with Crippen molar-refractivity contribution in [3.63, 3.8) is 0 Å². The molecule has 0 aromatic rings. The minimum Gasteiger partial charge on any atom is -0.354 e. The largest absolute Gasteiger partial charge is 0.354 e. The van der Waals surface area contributed by atoms with Gasteiger partial charge in [-0.2, -0.15) is 0 Å². The fraction of sp³-hybridized carbons (Fsp3) is 0.818. The smallest absolute Gasteiger partial charge is 0.165 e. The number of hydrogen-bond donors (Lipinski definition) is 0. The molecule has 1 saturated heterocycles. The van der Waals surface area contributed by atoms with Crippen LogP contribution < -0.4 is 0 Å². The van der Waals surface area contributed by atoms with E-state index < -0.39 is 5.60 Å². The van der Waals surface area contributed by atoms with Crippen molar-refractivity contribution in [3.05, 3.63) is 11.6 Å². The molecule has 5 rings (SSSR count).